The van der Waals surface area contributed by atoms with E-state index in [1.807, 2.05) is 24.3 Å². The van der Waals surface area contributed by atoms with Gasteiger partial charge in [-0.1, -0.05) is 47.5 Å². The number of ether oxygens (including phenoxy) is 1. The molecule has 0 aliphatic carbocycles. The maximum Gasteiger partial charge on any atom is 0.411 e. The molecule has 1 aliphatic heterocycles. The number of amides is 2. The number of rotatable bonds is 3. The SMILES string of the molecule is CC(=O)Nc1ccc(Cl)nc1C(=O)c1ccccc1Cl.O=C1Nc2cccc(c2)CO1. The number of aromatic nitrogens is 1. The zero-order valence-corrected chi connectivity index (χ0v) is 17.8. The fourth-order valence-corrected chi connectivity index (χ4v) is 3.08. The van der Waals surface area contributed by atoms with Crippen molar-refractivity contribution in [3.63, 3.8) is 0 Å². The van der Waals surface area contributed by atoms with Gasteiger partial charge in [-0.15, -0.1) is 0 Å². The number of carbonyl (C=O) groups excluding carboxylic acids is 3. The number of anilines is 2. The van der Waals surface area contributed by atoms with Crippen LogP contribution in [0, 0.1) is 0 Å². The van der Waals surface area contributed by atoms with E-state index in [1.165, 1.54) is 19.1 Å². The molecule has 31 heavy (non-hydrogen) atoms. The first-order valence-corrected chi connectivity index (χ1v) is 9.85. The van der Waals surface area contributed by atoms with Gasteiger partial charge >= 0.3 is 6.09 Å². The lowest BCUT2D eigenvalue weighted by molar-refractivity contribution is -0.114. The summed E-state index contributed by atoms with van der Waals surface area (Å²) in [5, 5.41) is 5.60. The second-order valence-electron chi connectivity index (χ2n) is 6.42. The van der Waals surface area contributed by atoms with Crippen molar-refractivity contribution in [3.8, 4) is 0 Å². The van der Waals surface area contributed by atoms with Crippen LogP contribution in [-0.4, -0.2) is 22.8 Å². The van der Waals surface area contributed by atoms with Gasteiger partial charge in [0.05, 0.1) is 10.7 Å². The smallest absolute Gasteiger partial charge is 0.411 e. The number of hydrogen-bond acceptors (Lipinski definition) is 5. The van der Waals surface area contributed by atoms with E-state index in [0.717, 1.165) is 11.3 Å². The minimum Gasteiger partial charge on any atom is -0.444 e. The molecule has 0 unspecified atom stereocenters. The minimum absolute atomic E-state index is 0.0563. The Labute approximate surface area is 188 Å². The van der Waals surface area contributed by atoms with Crippen LogP contribution in [0.1, 0.15) is 28.5 Å². The van der Waals surface area contributed by atoms with Gasteiger partial charge in [-0.3, -0.25) is 14.9 Å². The lowest BCUT2D eigenvalue weighted by atomic mass is 10.1. The highest BCUT2D eigenvalue weighted by Gasteiger charge is 2.19. The third-order valence-electron chi connectivity index (χ3n) is 4.05. The van der Waals surface area contributed by atoms with Crippen LogP contribution in [-0.2, 0) is 16.1 Å². The van der Waals surface area contributed by atoms with Crippen molar-refractivity contribution in [1.29, 1.82) is 0 Å². The van der Waals surface area contributed by atoms with Crippen molar-refractivity contribution < 1.29 is 19.1 Å². The zero-order chi connectivity index (χ0) is 22.4. The average Bonchev–Trinajstić information content (AvgIpc) is 2.86. The number of carbonyl (C=O) groups is 3. The number of ketones is 1. The predicted octanol–water partition coefficient (Wildman–Crippen LogP) is 5.33. The van der Waals surface area contributed by atoms with E-state index in [4.69, 9.17) is 27.9 Å². The van der Waals surface area contributed by atoms with Gasteiger partial charge in [-0.2, -0.15) is 0 Å². The first-order chi connectivity index (χ1) is 14.8. The van der Waals surface area contributed by atoms with E-state index < -0.39 is 5.78 Å². The first-order valence-electron chi connectivity index (χ1n) is 9.09. The molecule has 0 radical (unpaired) electrons. The minimum atomic E-state index is -0.401. The molecule has 7 nitrogen and oxygen atoms in total. The number of nitrogens with zero attached hydrogens (tertiary/aromatic N) is 1. The van der Waals surface area contributed by atoms with E-state index in [-0.39, 0.29) is 22.8 Å². The van der Waals surface area contributed by atoms with Crippen LogP contribution >= 0.6 is 23.2 Å². The Morgan fingerprint density at radius 1 is 1.06 bits per heavy atom. The van der Waals surface area contributed by atoms with Gasteiger partial charge in [-0.05, 0) is 42.0 Å². The van der Waals surface area contributed by atoms with Crippen molar-refractivity contribution >= 4 is 52.4 Å². The third-order valence-corrected chi connectivity index (χ3v) is 4.59. The molecule has 0 fully saturated rings. The van der Waals surface area contributed by atoms with Gasteiger partial charge in [-0.25, -0.2) is 9.78 Å². The van der Waals surface area contributed by atoms with Gasteiger partial charge < -0.3 is 10.1 Å². The third kappa shape index (κ3) is 6.04. The first kappa shape index (κ1) is 22.3. The highest BCUT2D eigenvalue weighted by molar-refractivity contribution is 6.35. The molecule has 0 saturated heterocycles. The topological polar surface area (TPSA) is 97.4 Å². The second kappa shape index (κ2) is 10.1. The molecule has 158 valence electrons. The molecule has 1 aliphatic rings. The van der Waals surface area contributed by atoms with Crippen LogP contribution in [0.15, 0.2) is 60.7 Å². The van der Waals surface area contributed by atoms with Gasteiger partial charge in [0.2, 0.25) is 11.7 Å². The summed E-state index contributed by atoms with van der Waals surface area (Å²) >= 11 is 11.8. The van der Waals surface area contributed by atoms with E-state index in [0.29, 0.717) is 22.9 Å². The molecular weight excluding hydrogens is 441 g/mol. The van der Waals surface area contributed by atoms with Gasteiger partial charge in [0, 0.05) is 18.2 Å². The van der Waals surface area contributed by atoms with Gasteiger partial charge in [0.1, 0.15) is 17.5 Å². The van der Waals surface area contributed by atoms with E-state index in [2.05, 4.69) is 15.6 Å². The van der Waals surface area contributed by atoms with Crippen LogP contribution < -0.4 is 10.6 Å². The fraction of sp³-hybridized carbons (Fsp3) is 0.0909. The summed E-state index contributed by atoms with van der Waals surface area (Å²) in [5.41, 5.74) is 2.47. The van der Waals surface area contributed by atoms with Crippen molar-refractivity contribution in [2.45, 2.75) is 13.5 Å². The van der Waals surface area contributed by atoms with Crippen LogP contribution in [0.4, 0.5) is 16.2 Å². The molecule has 2 aromatic carbocycles. The fourth-order valence-electron chi connectivity index (χ4n) is 2.71. The van der Waals surface area contributed by atoms with Crippen molar-refractivity contribution in [3.05, 3.63) is 87.7 Å². The summed E-state index contributed by atoms with van der Waals surface area (Å²) in [6.45, 7) is 1.71. The average molecular weight is 458 g/mol. The summed E-state index contributed by atoms with van der Waals surface area (Å²) in [5.74, 6) is -0.704. The Morgan fingerprint density at radius 2 is 1.84 bits per heavy atom. The highest BCUT2D eigenvalue weighted by Crippen LogP contribution is 2.24. The molecule has 2 heterocycles. The van der Waals surface area contributed by atoms with Crippen LogP contribution in [0.2, 0.25) is 10.2 Å². The molecule has 0 spiro atoms. The van der Waals surface area contributed by atoms with Gasteiger partial charge in [0.25, 0.3) is 0 Å². The Morgan fingerprint density at radius 3 is 2.58 bits per heavy atom. The Bertz CT molecular complexity index is 1150. The maximum atomic E-state index is 12.5. The summed E-state index contributed by atoms with van der Waals surface area (Å²) in [4.78, 5) is 38.4. The largest absolute Gasteiger partial charge is 0.444 e. The van der Waals surface area contributed by atoms with E-state index >= 15 is 0 Å². The lowest BCUT2D eigenvalue weighted by Gasteiger charge is -2.09. The number of pyridine rings is 1. The number of nitrogens with one attached hydrogen (secondary N) is 2. The number of hydrogen-bond donors (Lipinski definition) is 2. The molecular formula is C22H17Cl2N3O4. The standard InChI is InChI=1S/C14H10Cl2N2O2.C8H7NO2/c1-8(19)17-11-6-7-12(16)18-13(11)14(20)9-4-2-3-5-10(9)15;10-8-9-7-3-1-2-6(4-7)5-11-8/h2-7H,1H3,(H,17,19);1-4H,5H2,(H,9,10). The molecule has 2 bridgehead atoms. The van der Waals surface area contributed by atoms with Crippen LogP contribution in [0.3, 0.4) is 0 Å². The van der Waals surface area contributed by atoms with E-state index in [1.54, 1.807) is 24.3 Å². The normalized spacial score (nSPS) is 11.8. The van der Waals surface area contributed by atoms with Crippen molar-refractivity contribution in [1.82, 2.24) is 4.98 Å². The number of cyclic esters (lactones) is 1. The van der Waals surface area contributed by atoms with Crippen molar-refractivity contribution in [2.24, 2.45) is 0 Å². The number of benzene rings is 2. The zero-order valence-electron chi connectivity index (χ0n) is 16.3. The molecule has 0 saturated carbocycles. The molecule has 3 aromatic rings. The van der Waals surface area contributed by atoms with E-state index in [9.17, 15) is 14.4 Å². The number of halogens is 2. The maximum absolute atomic E-state index is 12.5. The summed E-state index contributed by atoms with van der Waals surface area (Å²) in [7, 11) is 0. The molecule has 2 N–H and O–H groups in total. The molecule has 0 atom stereocenters. The van der Waals surface area contributed by atoms with Gasteiger partial charge in [0.15, 0.2) is 0 Å². The van der Waals surface area contributed by atoms with Crippen LogP contribution in [0.5, 0.6) is 0 Å². The van der Waals surface area contributed by atoms with Crippen LogP contribution in [0.25, 0.3) is 0 Å². The lowest BCUT2D eigenvalue weighted by Crippen LogP contribution is -2.13. The molecule has 9 heteroatoms. The summed E-state index contributed by atoms with van der Waals surface area (Å²) in [6, 6.07) is 17.2. The summed E-state index contributed by atoms with van der Waals surface area (Å²) in [6.07, 6.45) is -0.383. The molecule has 2 amide bonds. The second-order valence-corrected chi connectivity index (χ2v) is 7.22. The Balaban J connectivity index is 0.000000207. The quantitative estimate of drug-likeness (QED) is 0.409. The van der Waals surface area contributed by atoms with Crippen molar-refractivity contribution in [2.75, 3.05) is 10.6 Å². The predicted molar refractivity (Wildman–Crippen MR) is 119 cm³/mol. The molecule has 1 aromatic heterocycles. The monoisotopic (exact) mass is 457 g/mol. The molecule has 4 rings (SSSR count). The Hall–Kier alpha value is -3.42. The Kier molecular flexibility index (Phi) is 7.23. The highest BCUT2D eigenvalue weighted by atomic mass is 35.5. The number of fused-ring (bicyclic) bond motifs is 2. The summed E-state index contributed by atoms with van der Waals surface area (Å²) < 4.78 is 4.81.